The molecule has 44 heavy (non-hydrogen) atoms. The molecule has 0 radical (unpaired) electrons. The van der Waals surface area contributed by atoms with E-state index in [-0.39, 0.29) is 58.4 Å². The standard InChI is InChI=1S/2C17H20BrNO2.Na.H2O/c2*1-4-10-7-9(2)8-12(18)13(10)14-15(20)17(3,11-5-6-11)19-16(14)21;;/h2*7-8,11,20H,4-6H2,1-3H3,(H,19,21);;1H2/q;;+1;/p-1. The van der Waals surface area contributed by atoms with Crippen LogP contribution in [0.3, 0.4) is 0 Å². The maximum atomic E-state index is 12.5. The van der Waals surface area contributed by atoms with Gasteiger partial charge in [0.05, 0.1) is 22.2 Å². The van der Waals surface area contributed by atoms with Crippen molar-refractivity contribution in [1.29, 1.82) is 0 Å². The third kappa shape index (κ3) is 6.47. The van der Waals surface area contributed by atoms with Crippen LogP contribution in [0.15, 0.2) is 44.7 Å². The van der Waals surface area contributed by atoms with Crippen molar-refractivity contribution >= 4 is 54.8 Å². The van der Waals surface area contributed by atoms with Crippen molar-refractivity contribution in [2.75, 3.05) is 0 Å². The fraction of sp³-hybridized carbons (Fsp3) is 0.471. The van der Waals surface area contributed by atoms with Crippen molar-refractivity contribution in [1.82, 2.24) is 10.6 Å². The molecule has 2 saturated carbocycles. The first-order valence-corrected chi connectivity index (χ1v) is 16.5. The van der Waals surface area contributed by atoms with Gasteiger partial charge in [0.2, 0.25) is 0 Å². The Balaban J connectivity index is 0.000000230. The summed E-state index contributed by atoms with van der Waals surface area (Å²) in [4.78, 5) is 25.0. The van der Waals surface area contributed by atoms with Gasteiger partial charge in [0.25, 0.3) is 11.8 Å². The predicted octanol–water partition coefficient (Wildman–Crippen LogP) is 4.60. The molecular weight excluding hydrogens is 699 g/mol. The van der Waals surface area contributed by atoms with Crippen LogP contribution >= 0.6 is 31.9 Å². The zero-order valence-corrected chi connectivity index (χ0v) is 31.8. The number of benzene rings is 2. The van der Waals surface area contributed by atoms with Gasteiger partial charge < -0.3 is 26.3 Å². The number of aliphatic hydroxyl groups excluding tert-OH is 2. The number of aryl methyl sites for hydroxylation is 4. The quantitative estimate of drug-likeness (QED) is 0.322. The average molecular weight is 741 g/mol. The number of hydrogen-bond acceptors (Lipinski definition) is 5. The SMILES string of the molecule is CCc1cc(C)cc(Br)c1C1=C(O)C(C)(C2CC2)NC1=O.CCc1cc(C)cc(Br)c1C1=C(O)C(C)(C2CC2)NC1=O.[Na+].[OH-]. The van der Waals surface area contributed by atoms with E-state index in [2.05, 4.69) is 68.5 Å². The van der Waals surface area contributed by atoms with Gasteiger partial charge in [0, 0.05) is 20.1 Å². The fourth-order valence-corrected chi connectivity index (χ4v) is 8.20. The van der Waals surface area contributed by atoms with E-state index >= 15 is 0 Å². The first-order chi connectivity index (χ1) is 19.8. The van der Waals surface area contributed by atoms with Gasteiger partial charge in [-0.25, -0.2) is 0 Å². The number of carbonyl (C=O) groups is 2. The molecule has 2 amide bonds. The van der Waals surface area contributed by atoms with Crippen molar-refractivity contribution in [2.45, 2.75) is 91.1 Å². The van der Waals surface area contributed by atoms with Gasteiger partial charge in [-0.05, 0) is 112 Å². The van der Waals surface area contributed by atoms with Gasteiger partial charge in [-0.3, -0.25) is 9.59 Å². The molecule has 2 fully saturated rings. The molecule has 0 spiro atoms. The minimum Gasteiger partial charge on any atom is -0.870 e. The molecule has 2 unspecified atom stereocenters. The number of halogens is 2. The Morgan fingerprint density at radius 3 is 1.32 bits per heavy atom. The molecule has 0 bridgehead atoms. The van der Waals surface area contributed by atoms with E-state index in [1.165, 1.54) is 0 Å². The number of carbonyl (C=O) groups excluding carboxylic acids is 2. The summed E-state index contributed by atoms with van der Waals surface area (Å²) in [6.07, 6.45) is 5.88. The van der Waals surface area contributed by atoms with Gasteiger partial charge in [-0.15, -0.1) is 0 Å². The second-order valence-electron chi connectivity index (χ2n) is 12.6. The largest absolute Gasteiger partial charge is 1.00 e. The average Bonchev–Trinajstić information content (AvgIpc) is 3.83. The first-order valence-electron chi connectivity index (χ1n) is 14.9. The molecule has 2 aromatic rings. The second kappa shape index (κ2) is 13.6. The molecule has 4 aliphatic rings. The van der Waals surface area contributed by atoms with Gasteiger partial charge in [-0.1, -0.05) is 57.8 Å². The monoisotopic (exact) mass is 738 g/mol. The third-order valence-electron chi connectivity index (χ3n) is 9.34. The second-order valence-corrected chi connectivity index (χ2v) is 14.3. The van der Waals surface area contributed by atoms with Crippen LogP contribution in [-0.4, -0.2) is 38.6 Å². The Labute approximate surface area is 299 Å². The molecule has 2 heterocycles. The maximum Gasteiger partial charge on any atom is 1.00 e. The molecule has 2 aliphatic carbocycles. The number of amides is 2. The molecule has 0 saturated heterocycles. The molecule has 7 nitrogen and oxygen atoms in total. The topological polar surface area (TPSA) is 129 Å². The van der Waals surface area contributed by atoms with Crippen molar-refractivity contribution in [2.24, 2.45) is 11.8 Å². The normalized spacial score (nSPS) is 24.3. The van der Waals surface area contributed by atoms with E-state index in [0.717, 1.165) is 80.9 Å². The van der Waals surface area contributed by atoms with Crippen LogP contribution in [0.5, 0.6) is 0 Å². The van der Waals surface area contributed by atoms with Crippen LogP contribution in [0, 0.1) is 25.7 Å². The Hall–Kier alpha value is -1.62. The summed E-state index contributed by atoms with van der Waals surface area (Å²) in [5, 5.41) is 27.5. The summed E-state index contributed by atoms with van der Waals surface area (Å²) >= 11 is 7.14. The zero-order chi connectivity index (χ0) is 30.7. The van der Waals surface area contributed by atoms with Crippen LogP contribution < -0.4 is 40.2 Å². The Bertz CT molecular complexity index is 1450. The van der Waals surface area contributed by atoms with Crippen LogP contribution in [0.2, 0.25) is 0 Å². The van der Waals surface area contributed by atoms with E-state index in [0.29, 0.717) is 23.0 Å². The summed E-state index contributed by atoms with van der Waals surface area (Å²) in [7, 11) is 0. The Morgan fingerprint density at radius 1 is 0.727 bits per heavy atom. The molecule has 232 valence electrons. The van der Waals surface area contributed by atoms with E-state index < -0.39 is 11.1 Å². The summed E-state index contributed by atoms with van der Waals surface area (Å²) in [5.74, 6) is 0.785. The third-order valence-corrected chi connectivity index (χ3v) is 10.6. The summed E-state index contributed by atoms with van der Waals surface area (Å²) in [5.41, 5.74) is 5.81. The van der Waals surface area contributed by atoms with Crippen LogP contribution in [0.1, 0.15) is 86.8 Å². The van der Waals surface area contributed by atoms with Crippen LogP contribution in [-0.2, 0) is 22.4 Å². The van der Waals surface area contributed by atoms with Crippen molar-refractivity contribution in [3.05, 3.63) is 78.1 Å². The van der Waals surface area contributed by atoms with Crippen molar-refractivity contribution < 1.29 is 54.8 Å². The molecule has 5 N–H and O–H groups in total. The smallest absolute Gasteiger partial charge is 0.870 e. The van der Waals surface area contributed by atoms with Crippen LogP contribution in [0.4, 0.5) is 0 Å². The fourth-order valence-electron chi connectivity index (χ4n) is 6.57. The number of aliphatic hydroxyl groups is 2. The summed E-state index contributed by atoms with van der Waals surface area (Å²) < 4.78 is 1.74. The summed E-state index contributed by atoms with van der Waals surface area (Å²) in [6, 6.07) is 8.16. The van der Waals surface area contributed by atoms with Gasteiger partial charge in [-0.2, -0.15) is 0 Å². The zero-order valence-electron chi connectivity index (χ0n) is 26.6. The summed E-state index contributed by atoms with van der Waals surface area (Å²) in [6.45, 7) is 12.1. The Morgan fingerprint density at radius 2 is 1.05 bits per heavy atom. The number of rotatable bonds is 6. The predicted molar refractivity (Wildman–Crippen MR) is 176 cm³/mol. The van der Waals surface area contributed by atoms with E-state index in [1.807, 2.05) is 39.8 Å². The molecule has 2 aromatic carbocycles. The molecular formula is C34H41Br2N2NaO5. The van der Waals surface area contributed by atoms with E-state index in [4.69, 9.17) is 0 Å². The van der Waals surface area contributed by atoms with Crippen molar-refractivity contribution in [3.63, 3.8) is 0 Å². The van der Waals surface area contributed by atoms with E-state index in [1.54, 1.807) is 0 Å². The Kier molecular flexibility index (Phi) is 11.4. The minimum atomic E-state index is -0.595. The molecule has 2 aliphatic heterocycles. The molecule has 2 atom stereocenters. The maximum absolute atomic E-state index is 12.5. The van der Waals surface area contributed by atoms with Gasteiger partial charge >= 0.3 is 29.6 Å². The number of nitrogens with one attached hydrogen (secondary N) is 2. The molecule has 6 rings (SSSR count). The molecule has 0 aromatic heterocycles. The van der Waals surface area contributed by atoms with Crippen molar-refractivity contribution in [3.8, 4) is 0 Å². The number of hydrogen-bond donors (Lipinski definition) is 4. The first kappa shape index (κ1) is 36.8. The molecule has 10 heteroatoms. The van der Waals surface area contributed by atoms with Crippen LogP contribution in [0.25, 0.3) is 11.1 Å². The van der Waals surface area contributed by atoms with Gasteiger partial charge in [0.15, 0.2) is 0 Å². The minimum absolute atomic E-state index is 0. The van der Waals surface area contributed by atoms with E-state index in [9.17, 15) is 19.8 Å². The van der Waals surface area contributed by atoms with Gasteiger partial charge in [0.1, 0.15) is 11.5 Å².